The van der Waals surface area contributed by atoms with Crippen molar-refractivity contribution in [1.29, 1.82) is 0 Å². The van der Waals surface area contributed by atoms with Crippen molar-refractivity contribution in [3.63, 3.8) is 0 Å². The van der Waals surface area contributed by atoms with Crippen LogP contribution in [0.4, 0.5) is 4.39 Å². The van der Waals surface area contributed by atoms with E-state index < -0.39 is 5.60 Å². The van der Waals surface area contributed by atoms with Crippen LogP contribution < -0.4 is 4.74 Å². The summed E-state index contributed by atoms with van der Waals surface area (Å²) in [5.41, 5.74) is -0.957. The average molecular weight is 393 g/mol. The fourth-order valence-electron chi connectivity index (χ4n) is 4.39. The van der Waals surface area contributed by atoms with E-state index in [1.54, 1.807) is 17.0 Å². The van der Waals surface area contributed by atoms with E-state index in [2.05, 4.69) is 4.90 Å². The SMILES string of the molecule is COc1ccc(F)c(CN2CCCC(O)(CN3CCCCCCCC3)C2=O)c1. The van der Waals surface area contributed by atoms with Crippen LogP contribution in [-0.2, 0) is 11.3 Å². The Hall–Kier alpha value is -1.66. The monoisotopic (exact) mass is 392 g/mol. The normalized spacial score (nSPS) is 25.1. The number of hydrogen-bond donors (Lipinski definition) is 1. The molecule has 1 amide bonds. The molecule has 2 aliphatic heterocycles. The van der Waals surface area contributed by atoms with Crippen molar-refractivity contribution in [3.05, 3.63) is 29.6 Å². The van der Waals surface area contributed by atoms with Crippen LogP contribution >= 0.6 is 0 Å². The van der Waals surface area contributed by atoms with Crippen molar-refractivity contribution in [2.24, 2.45) is 0 Å². The van der Waals surface area contributed by atoms with Gasteiger partial charge in [0.15, 0.2) is 5.60 Å². The highest BCUT2D eigenvalue weighted by Crippen LogP contribution is 2.27. The molecule has 2 fully saturated rings. The summed E-state index contributed by atoms with van der Waals surface area (Å²) in [7, 11) is 1.54. The number of piperidine rings is 1. The molecule has 0 bridgehead atoms. The molecule has 0 saturated carbocycles. The minimum absolute atomic E-state index is 0.157. The zero-order valence-electron chi connectivity index (χ0n) is 17.0. The van der Waals surface area contributed by atoms with Gasteiger partial charge in [0.2, 0.25) is 0 Å². The predicted octanol–water partition coefficient (Wildman–Crippen LogP) is 3.34. The van der Waals surface area contributed by atoms with Crippen molar-refractivity contribution >= 4 is 5.91 Å². The second-order valence-electron chi connectivity index (χ2n) is 8.22. The number of benzene rings is 1. The van der Waals surface area contributed by atoms with Gasteiger partial charge >= 0.3 is 0 Å². The van der Waals surface area contributed by atoms with Crippen molar-refractivity contribution in [1.82, 2.24) is 9.80 Å². The summed E-state index contributed by atoms with van der Waals surface area (Å²) < 4.78 is 19.4. The van der Waals surface area contributed by atoms with Gasteiger partial charge in [-0.15, -0.1) is 0 Å². The van der Waals surface area contributed by atoms with Crippen LogP contribution in [0.2, 0.25) is 0 Å². The molecular weight excluding hydrogens is 359 g/mol. The third-order valence-electron chi connectivity index (χ3n) is 6.00. The molecule has 2 saturated heterocycles. The van der Waals surface area contributed by atoms with Crippen molar-refractivity contribution in [3.8, 4) is 5.75 Å². The van der Waals surface area contributed by atoms with Gasteiger partial charge in [0.05, 0.1) is 7.11 Å². The maximum atomic E-state index is 14.2. The summed E-state index contributed by atoms with van der Waals surface area (Å²) >= 11 is 0. The van der Waals surface area contributed by atoms with E-state index in [0.717, 1.165) is 32.4 Å². The van der Waals surface area contributed by atoms with E-state index in [4.69, 9.17) is 4.74 Å². The third-order valence-corrected chi connectivity index (χ3v) is 6.00. The molecule has 0 aromatic heterocycles. The van der Waals surface area contributed by atoms with Crippen LogP contribution in [0.15, 0.2) is 18.2 Å². The van der Waals surface area contributed by atoms with Crippen LogP contribution in [0.25, 0.3) is 0 Å². The Morgan fingerprint density at radius 3 is 2.43 bits per heavy atom. The highest BCUT2D eigenvalue weighted by atomic mass is 19.1. The van der Waals surface area contributed by atoms with Crippen molar-refractivity contribution in [2.45, 2.75) is 63.5 Å². The van der Waals surface area contributed by atoms with Crippen molar-refractivity contribution in [2.75, 3.05) is 33.3 Å². The molecule has 2 aliphatic rings. The molecule has 6 heteroatoms. The number of aliphatic hydroxyl groups is 1. The van der Waals surface area contributed by atoms with Crippen LogP contribution in [-0.4, -0.2) is 59.7 Å². The molecule has 5 nitrogen and oxygen atoms in total. The van der Waals surface area contributed by atoms with E-state index in [-0.39, 0.29) is 18.3 Å². The highest BCUT2D eigenvalue weighted by Gasteiger charge is 2.43. The van der Waals surface area contributed by atoms with Gasteiger partial charge in [-0.3, -0.25) is 9.69 Å². The lowest BCUT2D eigenvalue weighted by Gasteiger charge is -2.41. The first-order chi connectivity index (χ1) is 13.5. The first-order valence-corrected chi connectivity index (χ1v) is 10.6. The van der Waals surface area contributed by atoms with Gasteiger partial charge in [0.1, 0.15) is 11.6 Å². The zero-order valence-corrected chi connectivity index (χ0v) is 17.0. The summed E-state index contributed by atoms with van der Waals surface area (Å²) in [4.78, 5) is 17.0. The molecule has 0 spiro atoms. The third kappa shape index (κ3) is 5.23. The summed E-state index contributed by atoms with van der Waals surface area (Å²) in [6, 6.07) is 4.55. The largest absolute Gasteiger partial charge is 0.497 e. The highest BCUT2D eigenvalue weighted by molar-refractivity contribution is 5.86. The van der Waals surface area contributed by atoms with Gasteiger partial charge in [-0.05, 0) is 57.0 Å². The predicted molar refractivity (Wildman–Crippen MR) is 107 cm³/mol. The molecule has 1 unspecified atom stereocenters. The quantitative estimate of drug-likeness (QED) is 0.835. The van der Waals surface area contributed by atoms with Gasteiger partial charge in [-0.2, -0.15) is 0 Å². The number of hydrogen-bond acceptors (Lipinski definition) is 4. The van der Waals surface area contributed by atoms with Crippen LogP contribution in [0.1, 0.15) is 56.9 Å². The van der Waals surface area contributed by atoms with Gasteiger partial charge in [0.25, 0.3) is 5.91 Å². The molecule has 0 radical (unpaired) electrons. The van der Waals surface area contributed by atoms with Crippen molar-refractivity contribution < 1.29 is 19.0 Å². The minimum atomic E-state index is -1.37. The zero-order chi connectivity index (χ0) is 20.0. The van der Waals surface area contributed by atoms with Gasteiger partial charge in [0, 0.05) is 25.2 Å². The Morgan fingerprint density at radius 2 is 1.75 bits per heavy atom. The summed E-state index contributed by atoms with van der Waals surface area (Å²) in [5, 5.41) is 11.2. The summed E-state index contributed by atoms with van der Waals surface area (Å²) in [5.74, 6) is -0.0728. The number of carbonyl (C=O) groups is 1. The summed E-state index contributed by atoms with van der Waals surface area (Å²) in [6.45, 7) is 2.94. The number of amides is 1. The Bertz CT molecular complexity index is 659. The van der Waals surface area contributed by atoms with Crippen LogP contribution in [0, 0.1) is 5.82 Å². The Labute approximate surface area is 167 Å². The van der Waals surface area contributed by atoms with E-state index >= 15 is 0 Å². The van der Waals surface area contributed by atoms with Gasteiger partial charge < -0.3 is 14.7 Å². The first-order valence-electron chi connectivity index (χ1n) is 10.6. The maximum absolute atomic E-state index is 14.2. The fraction of sp³-hybridized carbons (Fsp3) is 0.682. The average Bonchev–Trinajstić information content (AvgIpc) is 2.81. The van der Waals surface area contributed by atoms with E-state index in [1.807, 2.05) is 0 Å². The molecule has 1 aromatic carbocycles. The number of rotatable bonds is 5. The Kier molecular flexibility index (Phi) is 7.30. The topological polar surface area (TPSA) is 53.0 Å². The first kappa shape index (κ1) is 21.1. The Balaban J connectivity index is 1.68. The smallest absolute Gasteiger partial charge is 0.256 e. The number of likely N-dealkylation sites (tertiary alicyclic amines) is 1. The second-order valence-corrected chi connectivity index (χ2v) is 8.22. The lowest BCUT2D eigenvalue weighted by molar-refractivity contribution is -0.160. The molecule has 3 rings (SSSR count). The van der Waals surface area contributed by atoms with E-state index in [1.165, 1.54) is 38.9 Å². The maximum Gasteiger partial charge on any atom is 0.256 e. The number of nitrogens with zero attached hydrogens (tertiary/aromatic N) is 2. The fourth-order valence-corrected chi connectivity index (χ4v) is 4.39. The molecule has 28 heavy (non-hydrogen) atoms. The molecule has 1 N–H and O–H groups in total. The second kappa shape index (κ2) is 9.70. The van der Waals surface area contributed by atoms with E-state index in [9.17, 15) is 14.3 Å². The number of ether oxygens (including phenoxy) is 1. The van der Waals surface area contributed by atoms with Gasteiger partial charge in [-0.25, -0.2) is 4.39 Å². The number of β-amino-alcohol motifs (C(OH)–C–C–N with tert-alkyl or cyclic N) is 1. The number of carbonyl (C=O) groups excluding carboxylic acids is 1. The molecule has 1 atom stereocenters. The Morgan fingerprint density at radius 1 is 1.07 bits per heavy atom. The molecule has 0 aliphatic carbocycles. The number of methoxy groups -OCH3 is 1. The summed E-state index contributed by atoms with van der Waals surface area (Å²) in [6.07, 6.45) is 8.40. The standard InChI is InChI=1S/C22H33FN2O3/c1-28-19-9-10-20(23)18(15-19)16-25-14-8-11-22(27,21(25)26)17-24-12-6-4-2-3-5-7-13-24/h9-10,15,27H,2-8,11-14,16-17H2,1H3. The lowest BCUT2D eigenvalue weighted by Crippen LogP contribution is -2.58. The van der Waals surface area contributed by atoms with E-state index in [0.29, 0.717) is 30.8 Å². The van der Waals surface area contributed by atoms with Crippen LogP contribution in [0.5, 0.6) is 5.75 Å². The molecule has 156 valence electrons. The lowest BCUT2D eigenvalue weighted by atomic mass is 9.90. The number of halogens is 1. The molecule has 1 aromatic rings. The molecule has 2 heterocycles. The van der Waals surface area contributed by atoms with Gasteiger partial charge in [-0.1, -0.05) is 25.7 Å². The van der Waals surface area contributed by atoms with Crippen LogP contribution in [0.3, 0.4) is 0 Å². The molecular formula is C22H33FN2O3. The minimum Gasteiger partial charge on any atom is -0.497 e.